The number of carbonyl (C=O) groups excluding carboxylic acids is 1. The number of nitrogens with zero attached hydrogens (tertiary/aromatic N) is 1. The van der Waals surface area contributed by atoms with Crippen molar-refractivity contribution in [3.63, 3.8) is 0 Å². The fraction of sp³-hybridized carbons (Fsp3) is 0.867. The molecule has 0 aliphatic heterocycles. The number of carbonyl (C=O) groups is 2. The van der Waals surface area contributed by atoms with Crippen molar-refractivity contribution < 1.29 is 14.7 Å². The van der Waals surface area contributed by atoms with Gasteiger partial charge in [0.15, 0.2) is 0 Å². The first-order chi connectivity index (χ1) is 9.52. The van der Waals surface area contributed by atoms with E-state index >= 15 is 0 Å². The van der Waals surface area contributed by atoms with E-state index in [2.05, 4.69) is 12.2 Å². The summed E-state index contributed by atoms with van der Waals surface area (Å²) in [6.45, 7) is 6.38. The fourth-order valence-electron chi connectivity index (χ4n) is 2.00. The Bertz CT molecular complexity index is 282. The van der Waals surface area contributed by atoms with Crippen LogP contribution in [-0.4, -0.2) is 41.1 Å². The van der Waals surface area contributed by atoms with Gasteiger partial charge in [0.05, 0.1) is 0 Å². The summed E-state index contributed by atoms with van der Waals surface area (Å²) in [4.78, 5) is 24.1. The molecular weight excluding hydrogens is 256 g/mol. The van der Waals surface area contributed by atoms with Gasteiger partial charge < -0.3 is 15.3 Å². The predicted octanol–water partition coefficient (Wildman–Crippen LogP) is 3.24. The second-order valence-electron chi connectivity index (χ2n) is 5.28. The Morgan fingerprint density at radius 1 is 1.10 bits per heavy atom. The molecule has 0 aliphatic carbocycles. The van der Waals surface area contributed by atoms with Crippen molar-refractivity contribution >= 4 is 12.0 Å². The molecule has 5 nitrogen and oxygen atoms in total. The minimum Gasteiger partial charge on any atom is -0.480 e. The number of amides is 2. The summed E-state index contributed by atoms with van der Waals surface area (Å²) in [7, 11) is 0. The molecule has 0 rings (SSSR count). The zero-order valence-electron chi connectivity index (χ0n) is 13.2. The number of hydrogen-bond acceptors (Lipinski definition) is 2. The lowest BCUT2D eigenvalue weighted by molar-refractivity contribution is -0.138. The lowest BCUT2D eigenvalue weighted by Crippen LogP contribution is -2.47. The highest BCUT2D eigenvalue weighted by Gasteiger charge is 2.20. The number of unbranched alkanes of at least 4 members (excludes halogenated alkanes) is 5. The second kappa shape index (κ2) is 11.6. The van der Waals surface area contributed by atoms with Crippen LogP contribution in [0.5, 0.6) is 0 Å². The molecule has 0 heterocycles. The molecule has 0 fully saturated rings. The predicted molar refractivity (Wildman–Crippen MR) is 80.9 cm³/mol. The molecular formula is C15H30N2O3. The van der Waals surface area contributed by atoms with Crippen molar-refractivity contribution in [3.8, 4) is 0 Å². The van der Waals surface area contributed by atoms with Crippen LogP contribution in [0.25, 0.3) is 0 Å². The van der Waals surface area contributed by atoms with Gasteiger partial charge in [0.2, 0.25) is 0 Å². The van der Waals surface area contributed by atoms with Crippen LogP contribution >= 0.6 is 0 Å². The number of aliphatic carboxylic acids is 1. The van der Waals surface area contributed by atoms with Gasteiger partial charge >= 0.3 is 12.0 Å². The van der Waals surface area contributed by atoms with Crippen LogP contribution < -0.4 is 5.32 Å². The Kier molecular flexibility index (Phi) is 10.8. The van der Waals surface area contributed by atoms with E-state index in [4.69, 9.17) is 5.11 Å². The molecule has 0 saturated carbocycles. The minimum absolute atomic E-state index is 0.0596. The molecule has 1 unspecified atom stereocenters. The van der Waals surface area contributed by atoms with Crippen LogP contribution in [-0.2, 0) is 4.79 Å². The van der Waals surface area contributed by atoms with Crippen LogP contribution in [0.2, 0.25) is 0 Å². The van der Waals surface area contributed by atoms with Gasteiger partial charge in [-0.2, -0.15) is 0 Å². The summed E-state index contributed by atoms with van der Waals surface area (Å²) in [5.41, 5.74) is 0. The number of carboxylic acids is 1. The van der Waals surface area contributed by atoms with Crippen molar-refractivity contribution in [2.75, 3.05) is 13.1 Å². The maximum atomic E-state index is 12.0. The molecule has 0 spiro atoms. The van der Waals surface area contributed by atoms with Crippen LogP contribution in [0.1, 0.15) is 65.7 Å². The second-order valence-corrected chi connectivity index (χ2v) is 5.28. The molecule has 0 aromatic carbocycles. The Labute approximate surface area is 122 Å². The van der Waals surface area contributed by atoms with E-state index in [1.165, 1.54) is 30.6 Å². The summed E-state index contributed by atoms with van der Waals surface area (Å²) >= 11 is 0. The maximum Gasteiger partial charge on any atom is 0.323 e. The van der Waals surface area contributed by atoms with Gasteiger partial charge in [-0.3, -0.25) is 4.79 Å². The smallest absolute Gasteiger partial charge is 0.323 e. The van der Waals surface area contributed by atoms with Crippen LogP contribution in [0.15, 0.2) is 0 Å². The highest BCUT2D eigenvalue weighted by Crippen LogP contribution is 2.06. The van der Waals surface area contributed by atoms with E-state index in [0.29, 0.717) is 6.54 Å². The van der Waals surface area contributed by atoms with Gasteiger partial charge in [-0.1, -0.05) is 46.0 Å². The average molecular weight is 286 g/mol. The summed E-state index contributed by atoms with van der Waals surface area (Å²) in [5.74, 6) is -0.972. The van der Waals surface area contributed by atoms with Crippen molar-refractivity contribution in [1.29, 1.82) is 0 Å². The highest BCUT2D eigenvalue weighted by molar-refractivity contribution is 5.80. The van der Waals surface area contributed by atoms with E-state index in [0.717, 1.165) is 19.3 Å². The van der Waals surface area contributed by atoms with E-state index < -0.39 is 5.97 Å². The molecule has 20 heavy (non-hydrogen) atoms. The van der Waals surface area contributed by atoms with Crippen molar-refractivity contribution in [2.24, 2.45) is 0 Å². The van der Waals surface area contributed by atoms with Crippen molar-refractivity contribution in [2.45, 2.75) is 71.8 Å². The number of nitrogens with one attached hydrogen (secondary N) is 1. The molecule has 0 aromatic rings. The van der Waals surface area contributed by atoms with Crippen LogP contribution in [0.3, 0.4) is 0 Å². The monoisotopic (exact) mass is 286 g/mol. The third-order valence-corrected chi connectivity index (χ3v) is 3.50. The topological polar surface area (TPSA) is 69.6 Å². The van der Waals surface area contributed by atoms with Crippen molar-refractivity contribution in [1.82, 2.24) is 10.2 Å². The summed E-state index contributed by atoms with van der Waals surface area (Å²) < 4.78 is 0. The van der Waals surface area contributed by atoms with Gasteiger partial charge in [-0.05, 0) is 19.8 Å². The third kappa shape index (κ3) is 8.77. The summed E-state index contributed by atoms with van der Waals surface area (Å²) in [6.07, 6.45) is 7.77. The zero-order chi connectivity index (χ0) is 15.4. The number of rotatable bonds is 11. The van der Waals surface area contributed by atoms with Crippen LogP contribution in [0, 0.1) is 0 Å². The maximum absolute atomic E-state index is 12.0. The van der Waals surface area contributed by atoms with Gasteiger partial charge in [-0.25, -0.2) is 4.79 Å². The van der Waals surface area contributed by atoms with Crippen molar-refractivity contribution in [3.05, 3.63) is 0 Å². The molecule has 0 saturated heterocycles. The summed E-state index contributed by atoms with van der Waals surface area (Å²) in [6, 6.07) is -0.328. The molecule has 2 amide bonds. The Morgan fingerprint density at radius 3 is 2.25 bits per heavy atom. The largest absolute Gasteiger partial charge is 0.480 e. The standard InChI is InChI=1S/C15H30N2O3/c1-4-6-7-8-9-10-11-16-15(20)17(12-14(18)19)13(3)5-2/h13H,4-12H2,1-3H3,(H,16,20)(H,18,19). The van der Waals surface area contributed by atoms with E-state index in [-0.39, 0.29) is 18.6 Å². The molecule has 118 valence electrons. The summed E-state index contributed by atoms with van der Waals surface area (Å²) in [5, 5.41) is 11.7. The first-order valence-electron chi connectivity index (χ1n) is 7.79. The van der Waals surface area contributed by atoms with E-state index in [1.807, 2.05) is 13.8 Å². The lowest BCUT2D eigenvalue weighted by atomic mass is 10.1. The first-order valence-corrected chi connectivity index (χ1v) is 7.79. The van der Waals surface area contributed by atoms with Gasteiger partial charge in [0, 0.05) is 12.6 Å². The van der Waals surface area contributed by atoms with E-state index in [1.54, 1.807) is 0 Å². The van der Waals surface area contributed by atoms with Gasteiger partial charge in [0.1, 0.15) is 6.54 Å². The molecule has 5 heteroatoms. The lowest BCUT2D eigenvalue weighted by Gasteiger charge is -2.27. The minimum atomic E-state index is -0.972. The Hall–Kier alpha value is -1.26. The molecule has 0 bridgehead atoms. The molecule has 0 radical (unpaired) electrons. The quantitative estimate of drug-likeness (QED) is 0.573. The molecule has 2 N–H and O–H groups in total. The normalized spacial score (nSPS) is 11.9. The Morgan fingerprint density at radius 2 is 1.70 bits per heavy atom. The number of carboxylic acid groups (broad SMARTS) is 1. The Balaban J connectivity index is 3.92. The fourth-order valence-corrected chi connectivity index (χ4v) is 2.00. The highest BCUT2D eigenvalue weighted by atomic mass is 16.4. The van der Waals surface area contributed by atoms with E-state index in [9.17, 15) is 9.59 Å². The molecule has 0 aliphatic rings. The molecule has 0 aromatic heterocycles. The first kappa shape index (κ1) is 18.7. The van der Waals surface area contributed by atoms with Crippen LogP contribution in [0.4, 0.5) is 4.79 Å². The SMILES string of the molecule is CCCCCCCCNC(=O)N(CC(=O)O)C(C)CC. The molecule has 1 atom stereocenters. The third-order valence-electron chi connectivity index (χ3n) is 3.50. The zero-order valence-corrected chi connectivity index (χ0v) is 13.2. The number of urea groups is 1. The van der Waals surface area contributed by atoms with Gasteiger partial charge in [-0.15, -0.1) is 0 Å². The van der Waals surface area contributed by atoms with Gasteiger partial charge in [0.25, 0.3) is 0 Å². The average Bonchev–Trinajstić information content (AvgIpc) is 2.42. The number of hydrogen-bond donors (Lipinski definition) is 2.